The maximum Gasteiger partial charge on any atom is 0.0753 e. The van der Waals surface area contributed by atoms with Gasteiger partial charge in [0, 0.05) is 32.6 Å². The van der Waals surface area contributed by atoms with Gasteiger partial charge in [-0.1, -0.05) is 84.6 Å². The highest BCUT2D eigenvalue weighted by Crippen LogP contribution is 2.37. The molecule has 0 fully saturated rings. The highest BCUT2D eigenvalue weighted by atomic mass is 14.7. The number of hydrogen-bond donors (Lipinski definition) is 2. The molecule has 4 aromatic carbocycles. The lowest BCUT2D eigenvalue weighted by Gasteiger charge is -2.14. The maximum absolute atomic E-state index is 3.65. The Balaban J connectivity index is 1.67. The summed E-state index contributed by atoms with van der Waals surface area (Å²) in [6, 6.07) is 29.9. The van der Waals surface area contributed by atoms with Crippen molar-refractivity contribution in [3.8, 4) is 23.7 Å². The average molecular weight is 409 g/mol. The fourth-order valence-corrected chi connectivity index (χ4v) is 4.77. The predicted octanol–water partition coefficient (Wildman–Crippen LogP) is 7.11. The summed E-state index contributed by atoms with van der Waals surface area (Å²) in [5.74, 6) is 12.3. The Labute approximate surface area is 186 Å². The van der Waals surface area contributed by atoms with Crippen molar-refractivity contribution in [2.75, 3.05) is 0 Å². The third-order valence-corrected chi connectivity index (χ3v) is 6.17. The van der Waals surface area contributed by atoms with Crippen LogP contribution in [0.2, 0.25) is 0 Å². The molecule has 0 amide bonds. The number of aromatic amines is 2. The van der Waals surface area contributed by atoms with Crippen molar-refractivity contribution < 1.29 is 0 Å². The van der Waals surface area contributed by atoms with Crippen LogP contribution in [0.4, 0.5) is 0 Å². The summed E-state index contributed by atoms with van der Waals surface area (Å²) in [7, 11) is 0. The van der Waals surface area contributed by atoms with E-state index in [1.807, 2.05) is 6.92 Å². The van der Waals surface area contributed by atoms with E-state index in [0.29, 0.717) is 0 Å². The molecule has 2 heterocycles. The van der Waals surface area contributed by atoms with E-state index in [1.54, 1.807) is 0 Å². The summed E-state index contributed by atoms with van der Waals surface area (Å²) >= 11 is 0. The number of hydrogen-bond acceptors (Lipinski definition) is 0. The van der Waals surface area contributed by atoms with Gasteiger partial charge >= 0.3 is 0 Å². The van der Waals surface area contributed by atoms with Crippen LogP contribution in [0.25, 0.3) is 43.6 Å². The molecule has 2 heteroatoms. The summed E-state index contributed by atoms with van der Waals surface area (Å²) in [6.07, 6.45) is 0. The van der Waals surface area contributed by atoms with Gasteiger partial charge in [-0.2, -0.15) is 0 Å². The minimum atomic E-state index is -0.121. The van der Waals surface area contributed by atoms with Crippen molar-refractivity contribution in [2.24, 2.45) is 0 Å². The third-order valence-electron chi connectivity index (χ3n) is 6.17. The number of benzene rings is 4. The van der Waals surface area contributed by atoms with Crippen molar-refractivity contribution in [2.45, 2.75) is 12.8 Å². The second-order valence-corrected chi connectivity index (χ2v) is 7.96. The topological polar surface area (TPSA) is 31.6 Å². The van der Waals surface area contributed by atoms with E-state index in [0.717, 1.165) is 33.2 Å². The number of nitrogens with one attached hydrogen (secondary N) is 2. The molecule has 0 bridgehead atoms. The minimum Gasteiger partial charge on any atom is -0.354 e. The molecule has 0 aliphatic carbocycles. The Hall–Kier alpha value is -4.40. The van der Waals surface area contributed by atoms with Gasteiger partial charge < -0.3 is 9.97 Å². The molecule has 6 rings (SSSR count). The molecular weight excluding hydrogens is 388 g/mol. The quantitative estimate of drug-likeness (QED) is 0.286. The number of H-pyrrole nitrogens is 2. The highest BCUT2D eigenvalue weighted by molar-refractivity contribution is 6.10. The molecule has 2 aromatic heterocycles. The van der Waals surface area contributed by atoms with Gasteiger partial charge in [0.25, 0.3) is 0 Å². The number of para-hydroxylation sites is 4. The number of rotatable bonds is 2. The lowest BCUT2D eigenvalue weighted by Crippen LogP contribution is -2.01. The van der Waals surface area contributed by atoms with E-state index in [1.165, 1.54) is 21.5 Å². The van der Waals surface area contributed by atoms with Gasteiger partial charge in [0.15, 0.2) is 0 Å². The molecule has 0 atom stereocenters. The van der Waals surface area contributed by atoms with E-state index >= 15 is 0 Å². The first-order valence-corrected chi connectivity index (χ1v) is 10.8. The first kappa shape index (κ1) is 18.4. The Morgan fingerprint density at radius 1 is 0.562 bits per heavy atom. The van der Waals surface area contributed by atoms with E-state index in [2.05, 4.69) is 119 Å². The maximum atomic E-state index is 3.65. The van der Waals surface area contributed by atoms with Crippen molar-refractivity contribution in [1.29, 1.82) is 0 Å². The SMILES string of the molecule is CC#CC#CC(c1cccc2c1[nH]c1ccccc12)c1cccc2c1[nH]c1ccccc12. The Kier molecular flexibility index (Phi) is 4.24. The zero-order valence-corrected chi connectivity index (χ0v) is 17.7. The van der Waals surface area contributed by atoms with Crippen LogP contribution in [-0.4, -0.2) is 9.97 Å². The van der Waals surface area contributed by atoms with E-state index in [-0.39, 0.29) is 5.92 Å². The molecule has 0 unspecified atom stereocenters. The monoisotopic (exact) mass is 408 g/mol. The molecule has 0 radical (unpaired) electrons. The van der Waals surface area contributed by atoms with Crippen LogP contribution in [0.15, 0.2) is 84.9 Å². The molecule has 2 nitrogen and oxygen atoms in total. The lowest BCUT2D eigenvalue weighted by molar-refractivity contribution is 1.08. The molecule has 150 valence electrons. The lowest BCUT2D eigenvalue weighted by atomic mass is 9.89. The molecule has 0 saturated carbocycles. The smallest absolute Gasteiger partial charge is 0.0753 e. The van der Waals surface area contributed by atoms with Gasteiger partial charge in [-0.25, -0.2) is 0 Å². The predicted molar refractivity (Wildman–Crippen MR) is 135 cm³/mol. The molecule has 0 saturated heterocycles. The zero-order chi connectivity index (χ0) is 21.5. The molecule has 2 N–H and O–H groups in total. The van der Waals surface area contributed by atoms with Crippen LogP contribution in [0.5, 0.6) is 0 Å². The van der Waals surface area contributed by atoms with Crippen molar-refractivity contribution in [3.05, 3.63) is 96.1 Å². The van der Waals surface area contributed by atoms with Gasteiger partial charge in [-0.3, -0.25) is 0 Å². The van der Waals surface area contributed by atoms with Gasteiger partial charge in [-0.05, 0) is 42.0 Å². The van der Waals surface area contributed by atoms with Crippen LogP contribution in [0.3, 0.4) is 0 Å². The standard InChI is InChI=1S/C30H20N2/c1-2-3-4-11-20(23-14-9-16-25-21-12-5-7-18-27(21)31-29(23)25)24-15-10-17-26-22-13-6-8-19-28(22)32-30(24)26/h5-10,12-20,31-32H,1H3. The zero-order valence-electron chi connectivity index (χ0n) is 17.7. The van der Waals surface area contributed by atoms with Crippen molar-refractivity contribution in [3.63, 3.8) is 0 Å². The molecule has 6 aromatic rings. The molecular formula is C30H20N2. The normalized spacial score (nSPS) is 11.1. The Morgan fingerprint density at radius 3 is 1.59 bits per heavy atom. The van der Waals surface area contributed by atoms with Crippen LogP contribution in [-0.2, 0) is 0 Å². The summed E-state index contributed by atoms with van der Waals surface area (Å²) in [6.45, 7) is 1.82. The molecule has 0 spiro atoms. The van der Waals surface area contributed by atoms with Crippen molar-refractivity contribution in [1.82, 2.24) is 9.97 Å². The Morgan fingerprint density at radius 2 is 1.06 bits per heavy atom. The first-order chi connectivity index (χ1) is 15.8. The highest BCUT2D eigenvalue weighted by Gasteiger charge is 2.20. The van der Waals surface area contributed by atoms with Gasteiger partial charge in [-0.15, -0.1) is 0 Å². The fourth-order valence-electron chi connectivity index (χ4n) is 4.77. The third kappa shape index (κ3) is 2.78. The van der Waals surface area contributed by atoms with E-state index in [4.69, 9.17) is 0 Å². The van der Waals surface area contributed by atoms with Crippen LogP contribution < -0.4 is 0 Å². The molecule has 0 aliphatic rings. The van der Waals surface area contributed by atoms with Gasteiger partial charge in [0.2, 0.25) is 0 Å². The second-order valence-electron chi connectivity index (χ2n) is 7.96. The Bertz CT molecular complexity index is 1640. The largest absolute Gasteiger partial charge is 0.354 e. The molecule has 0 aliphatic heterocycles. The fraction of sp³-hybridized carbons (Fsp3) is 0.0667. The van der Waals surface area contributed by atoms with E-state index < -0.39 is 0 Å². The van der Waals surface area contributed by atoms with Crippen molar-refractivity contribution >= 4 is 43.6 Å². The van der Waals surface area contributed by atoms with Gasteiger partial charge in [0.1, 0.15) is 0 Å². The summed E-state index contributed by atoms with van der Waals surface area (Å²) in [5.41, 5.74) is 6.86. The number of fused-ring (bicyclic) bond motifs is 6. The number of aromatic nitrogens is 2. The van der Waals surface area contributed by atoms with Crippen LogP contribution in [0, 0.1) is 23.7 Å². The summed E-state index contributed by atoms with van der Waals surface area (Å²) in [5, 5.41) is 4.90. The van der Waals surface area contributed by atoms with Crippen LogP contribution >= 0.6 is 0 Å². The molecule has 32 heavy (non-hydrogen) atoms. The second kappa shape index (κ2) is 7.38. The van der Waals surface area contributed by atoms with E-state index in [9.17, 15) is 0 Å². The average Bonchev–Trinajstić information content (AvgIpc) is 3.41. The summed E-state index contributed by atoms with van der Waals surface area (Å²) < 4.78 is 0. The minimum absolute atomic E-state index is 0.121. The van der Waals surface area contributed by atoms with Gasteiger partial charge in [0.05, 0.1) is 17.0 Å². The first-order valence-electron chi connectivity index (χ1n) is 10.8. The summed E-state index contributed by atoms with van der Waals surface area (Å²) in [4.78, 5) is 7.30. The van der Waals surface area contributed by atoms with Crippen LogP contribution in [0.1, 0.15) is 24.0 Å².